The van der Waals surface area contributed by atoms with Crippen LogP contribution in [0.3, 0.4) is 0 Å². The van der Waals surface area contributed by atoms with Gasteiger partial charge in [-0.1, -0.05) is 60.7 Å². The summed E-state index contributed by atoms with van der Waals surface area (Å²) < 4.78 is 23.3. The molecule has 2 aliphatic heterocycles. The summed E-state index contributed by atoms with van der Waals surface area (Å²) in [7, 11) is 1.55. The van der Waals surface area contributed by atoms with E-state index in [2.05, 4.69) is 4.90 Å². The first-order valence-electron chi connectivity index (χ1n) is 16.6. The molecule has 0 aliphatic carbocycles. The third-order valence-corrected chi connectivity index (χ3v) is 9.04. The Morgan fingerprint density at radius 3 is 2.31 bits per heavy atom. The molecular formula is C40H42N2O7. The molecule has 0 spiro atoms. The van der Waals surface area contributed by atoms with E-state index >= 15 is 0 Å². The summed E-state index contributed by atoms with van der Waals surface area (Å²) >= 11 is 0. The molecule has 0 aromatic heterocycles. The molecule has 9 nitrogen and oxygen atoms in total. The van der Waals surface area contributed by atoms with Gasteiger partial charge in [0.05, 0.1) is 31.9 Å². The maximum absolute atomic E-state index is 13.7. The number of aliphatic hydroxyl groups excluding tert-OH is 1. The van der Waals surface area contributed by atoms with Crippen LogP contribution < -0.4 is 14.2 Å². The van der Waals surface area contributed by atoms with Gasteiger partial charge in [0.25, 0.3) is 11.7 Å². The third kappa shape index (κ3) is 7.96. The van der Waals surface area contributed by atoms with Crippen molar-refractivity contribution >= 4 is 17.4 Å². The Balaban J connectivity index is 1.28. The predicted molar refractivity (Wildman–Crippen MR) is 187 cm³/mol. The van der Waals surface area contributed by atoms with Crippen molar-refractivity contribution < 1.29 is 33.6 Å². The number of nitrogens with zero attached hydrogens (tertiary/aromatic N) is 2. The zero-order chi connectivity index (χ0) is 34.2. The fourth-order valence-corrected chi connectivity index (χ4v) is 6.25. The van der Waals surface area contributed by atoms with Crippen molar-refractivity contribution in [3.63, 3.8) is 0 Å². The van der Waals surface area contributed by atoms with E-state index in [4.69, 9.17) is 18.9 Å². The van der Waals surface area contributed by atoms with Gasteiger partial charge in [0.1, 0.15) is 24.7 Å². The monoisotopic (exact) mass is 662 g/mol. The normalized spacial score (nSPS) is 17.7. The van der Waals surface area contributed by atoms with Crippen LogP contribution in [0, 0.1) is 6.92 Å². The molecular weight excluding hydrogens is 620 g/mol. The number of Topliss-reactive ketones (excluding diaryl/α,β-unsaturated/α-hetero) is 1. The van der Waals surface area contributed by atoms with E-state index in [1.807, 2.05) is 67.6 Å². The average molecular weight is 663 g/mol. The lowest BCUT2D eigenvalue weighted by molar-refractivity contribution is -0.140. The standard InChI is InChI=1S/C40H42N2O7/c1-28-9-6-7-12-32(28)27-48-33-16-13-30(14-17-33)38(43)36-37(42(40(45)39(36)44)20-8-19-41-21-23-47-24-22-41)31-15-18-34(35(25-31)46-2)49-26-29-10-4-3-5-11-29/h3-7,9-18,25,37,43H,8,19-24,26-27H2,1-2H3. The number of aryl methyl sites for hydroxylation is 1. The van der Waals surface area contributed by atoms with Crippen LogP contribution in [-0.4, -0.2) is 73.1 Å². The first kappa shape index (κ1) is 33.8. The van der Waals surface area contributed by atoms with Gasteiger partial charge >= 0.3 is 0 Å². The van der Waals surface area contributed by atoms with Gasteiger partial charge in [-0.05, 0) is 72.0 Å². The minimum Gasteiger partial charge on any atom is -0.507 e. The quantitative estimate of drug-likeness (QED) is 0.101. The highest BCUT2D eigenvalue weighted by Gasteiger charge is 2.46. The number of carbonyl (C=O) groups excluding carboxylic acids is 2. The van der Waals surface area contributed by atoms with E-state index in [1.54, 1.807) is 48.4 Å². The van der Waals surface area contributed by atoms with Crippen LogP contribution in [0.2, 0.25) is 0 Å². The number of aliphatic hydroxyl groups is 1. The molecule has 0 radical (unpaired) electrons. The number of methoxy groups -OCH3 is 1. The second kappa shape index (κ2) is 15.9. The highest BCUT2D eigenvalue weighted by Crippen LogP contribution is 2.42. The molecule has 1 amide bonds. The molecule has 1 atom stereocenters. The molecule has 4 aromatic rings. The molecule has 1 unspecified atom stereocenters. The number of carbonyl (C=O) groups is 2. The summed E-state index contributed by atoms with van der Waals surface area (Å²) in [4.78, 5) is 31.2. The highest BCUT2D eigenvalue weighted by atomic mass is 16.5. The van der Waals surface area contributed by atoms with Gasteiger partial charge in [-0.25, -0.2) is 0 Å². The van der Waals surface area contributed by atoms with Crippen molar-refractivity contribution in [1.82, 2.24) is 9.80 Å². The smallest absolute Gasteiger partial charge is 0.295 e. The fourth-order valence-electron chi connectivity index (χ4n) is 6.25. The molecule has 2 fully saturated rings. The topological polar surface area (TPSA) is 97.8 Å². The lowest BCUT2D eigenvalue weighted by atomic mass is 9.95. The lowest BCUT2D eigenvalue weighted by Crippen LogP contribution is -2.39. The second-order valence-corrected chi connectivity index (χ2v) is 12.2. The molecule has 6 rings (SSSR count). The Labute approximate surface area is 287 Å². The maximum atomic E-state index is 13.7. The molecule has 4 aromatic carbocycles. The van der Waals surface area contributed by atoms with Crippen molar-refractivity contribution in [2.24, 2.45) is 0 Å². The van der Waals surface area contributed by atoms with Crippen molar-refractivity contribution in [2.45, 2.75) is 32.6 Å². The first-order chi connectivity index (χ1) is 23.9. The molecule has 9 heteroatoms. The van der Waals surface area contributed by atoms with Crippen LogP contribution in [0.1, 0.15) is 40.3 Å². The number of hydrogen-bond donors (Lipinski definition) is 1. The molecule has 2 saturated heterocycles. The Morgan fingerprint density at radius 2 is 1.57 bits per heavy atom. The second-order valence-electron chi connectivity index (χ2n) is 12.2. The van der Waals surface area contributed by atoms with Crippen molar-refractivity contribution in [1.29, 1.82) is 0 Å². The van der Waals surface area contributed by atoms with Gasteiger partial charge in [0.2, 0.25) is 0 Å². The Hall–Kier alpha value is -5.12. The van der Waals surface area contributed by atoms with E-state index in [0.717, 1.165) is 36.3 Å². The number of likely N-dealkylation sites (tertiary alicyclic amines) is 1. The number of hydrogen-bond acceptors (Lipinski definition) is 8. The van der Waals surface area contributed by atoms with Crippen LogP contribution in [0.15, 0.2) is 103 Å². The van der Waals surface area contributed by atoms with Gasteiger partial charge in [0, 0.05) is 31.7 Å². The molecule has 2 heterocycles. The summed E-state index contributed by atoms with van der Waals surface area (Å²) in [6.45, 7) is 6.90. The van der Waals surface area contributed by atoms with Crippen molar-refractivity contribution in [3.8, 4) is 17.2 Å². The number of morpholine rings is 1. The highest BCUT2D eigenvalue weighted by molar-refractivity contribution is 6.46. The maximum Gasteiger partial charge on any atom is 0.295 e. The molecule has 0 saturated carbocycles. The number of benzene rings is 4. The van der Waals surface area contributed by atoms with Gasteiger partial charge in [-0.2, -0.15) is 0 Å². The third-order valence-electron chi connectivity index (χ3n) is 9.04. The zero-order valence-corrected chi connectivity index (χ0v) is 28.0. The number of rotatable bonds is 13. The van der Waals surface area contributed by atoms with Crippen LogP contribution in [0.5, 0.6) is 17.2 Å². The van der Waals surface area contributed by atoms with Crippen molar-refractivity contribution in [2.75, 3.05) is 46.5 Å². The zero-order valence-electron chi connectivity index (χ0n) is 28.0. The summed E-state index contributed by atoms with van der Waals surface area (Å²) in [5.74, 6) is -0.000970. The summed E-state index contributed by atoms with van der Waals surface area (Å²) in [5.41, 5.74) is 4.30. The van der Waals surface area contributed by atoms with E-state index in [1.165, 1.54) is 0 Å². The average Bonchev–Trinajstić information content (AvgIpc) is 3.39. The number of amides is 1. The lowest BCUT2D eigenvalue weighted by Gasteiger charge is -2.29. The minimum absolute atomic E-state index is 0.0324. The minimum atomic E-state index is -0.821. The SMILES string of the molecule is COc1cc(C2C(=C(O)c3ccc(OCc4ccccc4C)cc3)C(=O)C(=O)N2CCCN2CCOCC2)ccc1OCc1ccccc1. The summed E-state index contributed by atoms with van der Waals surface area (Å²) in [6.07, 6.45) is 0.659. The van der Waals surface area contributed by atoms with Gasteiger partial charge < -0.3 is 29.0 Å². The van der Waals surface area contributed by atoms with E-state index < -0.39 is 17.7 Å². The Morgan fingerprint density at radius 1 is 0.837 bits per heavy atom. The summed E-state index contributed by atoms with van der Waals surface area (Å²) in [5, 5.41) is 11.7. The largest absolute Gasteiger partial charge is 0.507 e. The molecule has 0 bridgehead atoms. The van der Waals surface area contributed by atoms with E-state index in [9.17, 15) is 14.7 Å². The molecule has 1 N–H and O–H groups in total. The van der Waals surface area contributed by atoms with Crippen LogP contribution in [-0.2, 0) is 27.5 Å². The predicted octanol–water partition coefficient (Wildman–Crippen LogP) is 6.31. The van der Waals surface area contributed by atoms with Crippen molar-refractivity contribution in [3.05, 3.63) is 130 Å². The van der Waals surface area contributed by atoms with Crippen LogP contribution in [0.25, 0.3) is 5.76 Å². The Kier molecular flexibility index (Phi) is 10.9. The van der Waals surface area contributed by atoms with Crippen LogP contribution >= 0.6 is 0 Å². The van der Waals surface area contributed by atoms with Gasteiger partial charge in [0.15, 0.2) is 11.5 Å². The molecule has 2 aliphatic rings. The fraction of sp³-hybridized carbons (Fsp3) is 0.300. The molecule has 254 valence electrons. The van der Waals surface area contributed by atoms with Gasteiger partial charge in [-0.3, -0.25) is 14.5 Å². The van der Waals surface area contributed by atoms with E-state index in [-0.39, 0.29) is 11.3 Å². The van der Waals surface area contributed by atoms with Gasteiger partial charge in [-0.15, -0.1) is 0 Å². The number of ketones is 1. The van der Waals surface area contributed by atoms with E-state index in [0.29, 0.717) is 67.8 Å². The Bertz CT molecular complexity index is 1780. The number of ether oxygens (including phenoxy) is 4. The van der Waals surface area contributed by atoms with Crippen LogP contribution in [0.4, 0.5) is 0 Å². The first-order valence-corrected chi connectivity index (χ1v) is 16.6. The molecule has 49 heavy (non-hydrogen) atoms. The summed E-state index contributed by atoms with van der Waals surface area (Å²) in [6, 6.07) is 29.3.